The molecule has 0 unspecified atom stereocenters. The fourth-order valence-corrected chi connectivity index (χ4v) is 3.37. The summed E-state index contributed by atoms with van der Waals surface area (Å²) in [6, 6.07) is 0. The highest BCUT2D eigenvalue weighted by Crippen LogP contribution is 2.26. The molecule has 0 aliphatic heterocycles. The number of sulfonamides is 1. The minimum atomic E-state index is -3.70. The summed E-state index contributed by atoms with van der Waals surface area (Å²) in [5.74, 6) is 1.20. The van der Waals surface area contributed by atoms with Crippen molar-refractivity contribution in [2.45, 2.75) is 31.8 Å². The van der Waals surface area contributed by atoms with Crippen LogP contribution in [-0.4, -0.2) is 25.6 Å². The standard InChI is InChI=1S/C11H16N4O4S/c1-7-9(4-12-3)11(8(2)19-7)20(16,17)14-5-10-13-6-18-15-10/h6,12,14H,4-5H2,1-3H3. The lowest BCUT2D eigenvalue weighted by molar-refractivity contribution is 0.409. The zero-order valence-corrected chi connectivity index (χ0v) is 12.2. The Balaban J connectivity index is 2.29. The van der Waals surface area contributed by atoms with E-state index < -0.39 is 10.0 Å². The third-order valence-corrected chi connectivity index (χ3v) is 4.37. The Labute approximate surface area is 116 Å². The maximum atomic E-state index is 12.4. The van der Waals surface area contributed by atoms with Crippen LogP contribution in [0.5, 0.6) is 0 Å². The zero-order chi connectivity index (χ0) is 14.8. The van der Waals surface area contributed by atoms with Gasteiger partial charge in [0.25, 0.3) is 0 Å². The van der Waals surface area contributed by atoms with Crippen LogP contribution in [0.1, 0.15) is 22.9 Å². The van der Waals surface area contributed by atoms with Gasteiger partial charge in [-0.3, -0.25) is 0 Å². The summed E-state index contributed by atoms with van der Waals surface area (Å²) < 4.78 is 37.1. The number of aromatic nitrogens is 2. The predicted molar refractivity (Wildman–Crippen MR) is 69.3 cm³/mol. The number of hydrogen-bond donors (Lipinski definition) is 2. The van der Waals surface area contributed by atoms with Crippen molar-refractivity contribution < 1.29 is 17.4 Å². The summed E-state index contributed by atoms with van der Waals surface area (Å²) in [7, 11) is -1.96. The summed E-state index contributed by atoms with van der Waals surface area (Å²) >= 11 is 0. The minimum absolute atomic E-state index is 0.0402. The van der Waals surface area contributed by atoms with Gasteiger partial charge in [0.05, 0.1) is 6.54 Å². The molecule has 2 rings (SSSR count). The van der Waals surface area contributed by atoms with Gasteiger partial charge in [-0.2, -0.15) is 4.98 Å². The van der Waals surface area contributed by atoms with E-state index in [1.165, 1.54) is 0 Å². The Morgan fingerprint density at radius 3 is 2.60 bits per heavy atom. The van der Waals surface area contributed by atoms with Crippen LogP contribution in [0.3, 0.4) is 0 Å². The molecular formula is C11H16N4O4S. The van der Waals surface area contributed by atoms with Gasteiger partial charge in [0.1, 0.15) is 16.4 Å². The van der Waals surface area contributed by atoms with E-state index in [1.54, 1.807) is 20.9 Å². The summed E-state index contributed by atoms with van der Waals surface area (Å²) in [4.78, 5) is 3.92. The number of aryl methyl sites for hydroxylation is 2. The molecule has 0 saturated carbocycles. The maximum Gasteiger partial charge on any atom is 0.244 e. The smallest absolute Gasteiger partial charge is 0.244 e. The first kappa shape index (κ1) is 14.7. The number of hydrogen-bond acceptors (Lipinski definition) is 7. The molecule has 2 N–H and O–H groups in total. The number of rotatable bonds is 6. The molecule has 0 atom stereocenters. The van der Waals surface area contributed by atoms with Crippen LogP contribution in [0.2, 0.25) is 0 Å². The molecule has 0 aromatic carbocycles. The van der Waals surface area contributed by atoms with E-state index >= 15 is 0 Å². The number of furan rings is 1. The van der Waals surface area contributed by atoms with Crippen LogP contribution in [-0.2, 0) is 23.1 Å². The first-order valence-corrected chi connectivity index (χ1v) is 7.42. The second-order valence-corrected chi connectivity index (χ2v) is 5.93. The lowest BCUT2D eigenvalue weighted by Gasteiger charge is -2.07. The lowest BCUT2D eigenvalue weighted by atomic mass is 10.2. The Morgan fingerprint density at radius 1 is 1.25 bits per heavy atom. The second kappa shape index (κ2) is 5.73. The molecule has 9 heteroatoms. The van der Waals surface area contributed by atoms with Gasteiger partial charge < -0.3 is 14.3 Å². The van der Waals surface area contributed by atoms with E-state index in [-0.39, 0.29) is 17.3 Å². The molecule has 0 aliphatic carbocycles. The highest BCUT2D eigenvalue weighted by Gasteiger charge is 2.26. The SMILES string of the molecule is CNCc1c(C)oc(C)c1S(=O)(=O)NCc1ncon1. The van der Waals surface area contributed by atoms with E-state index in [0.717, 1.165) is 6.39 Å². The molecule has 20 heavy (non-hydrogen) atoms. The van der Waals surface area contributed by atoms with Gasteiger partial charge in [-0.15, -0.1) is 0 Å². The highest BCUT2D eigenvalue weighted by atomic mass is 32.2. The Hall–Kier alpha value is -1.71. The fourth-order valence-electron chi connectivity index (χ4n) is 1.94. The van der Waals surface area contributed by atoms with E-state index in [0.29, 0.717) is 23.6 Å². The fraction of sp³-hybridized carbons (Fsp3) is 0.455. The quantitative estimate of drug-likeness (QED) is 0.798. The van der Waals surface area contributed by atoms with Crippen LogP contribution < -0.4 is 10.0 Å². The molecule has 2 aromatic heterocycles. The van der Waals surface area contributed by atoms with Gasteiger partial charge >= 0.3 is 0 Å². The van der Waals surface area contributed by atoms with Gasteiger partial charge in [-0.05, 0) is 20.9 Å². The summed E-state index contributed by atoms with van der Waals surface area (Å²) in [6.45, 7) is 3.72. The predicted octanol–water partition coefficient (Wildman–Crippen LogP) is 0.477. The zero-order valence-electron chi connectivity index (χ0n) is 11.4. The summed E-state index contributed by atoms with van der Waals surface area (Å²) in [5, 5.41) is 6.48. The van der Waals surface area contributed by atoms with E-state index in [1.807, 2.05) is 0 Å². The Kier molecular flexibility index (Phi) is 4.21. The molecule has 2 heterocycles. The topological polar surface area (TPSA) is 110 Å². The van der Waals surface area contributed by atoms with Crippen LogP contribution >= 0.6 is 0 Å². The first-order valence-electron chi connectivity index (χ1n) is 5.94. The summed E-state index contributed by atoms with van der Waals surface area (Å²) in [6.07, 6.45) is 1.14. The molecule has 8 nitrogen and oxygen atoms in total. The van der Waals surface area contributed by atoms with Crippen LogP contribution in [0.4, 0.5) is 0 Å². The highest BCUT2D eigenvalue weighted by molar-refractivity contribution is 7.89. The van der Waals surface area contributed by atoms with E-state index in [2.05, 4.69) is 24.7 Å². The number of nitrogens with zero attached hydrogens (tertiary/aromatic N) is 2. The average Bonchev–Trinajstić information content (AvgIpc) is 2.97. The molecule has 0 amide bonds. The molecule has 0 fully saturated rings. The monoisotopic (exact) mass is 300 g/mol. The third kappa shape index (κ3) is 2.89. The number of nitrogens with one attached hydrogen (secondary N) is 2. The van der Waals surface area contributed by atoms with Gasteiger partial charge in [-0.1, -0.05) is 5.16 Å². The van der Waals surface area contributed by atoms with Gasteiger partial charge in [0, 0.05) is 12.1 Å². The first-order chi connectivity index (χ1) is 9.45. The van der Waals surface area contributed by atoms with Crippen molar-refractivity contribution in [3.05, 3.63) is 29.3 Å². The lowest BCUT2D eigenvalue weighted by Crippen LogP contribution is -2.25. The van der Waals surface area contributed by atoms with E-state index in [4.69, 9.17) is 4.42 Å². The largest absolute Gasteiger partial charge is 0.465 e. The van der Waals surface area contributed by atoms with E-state index in [9.17, 15) is 8.42 Å². The van der Waals surface area contributed by atoms with Crippen molar-refractivity contribution in [2.75, 3.05) is 7.05 Å². The molecule has 0 radical (unpaired) electrons. The molecule has 2 aromatic rings. The Morgan fingerprint density at radius 2 is 2.00 bits per heavy atom. The minimum Gasteiger partial charge on any atom is -0.465 e. The normalized spacial score (nSPS) is 11.9. The van der Waals surface area contributed by atoms with Crippen molar-refractivity contribution >= 4 is 10.0 Å². The molecule has 0 saturated heterocycles. The van der Waals surface area contributed by atoms with Crippen molar-refractivity contribution in [1.29, 1.82) is 0 Å². The molecule has 0 spiro atoms. The molecule has 0 bridgehead atoms. The summed E-state index contributed by atoms with van der Waals surface area (Å²) in [5.41, 5.74) is 0.616. The van der Waals surface area contributed by atoms with Gasteiger partial charge in [-0.25, -0.2) is 13.1 Å². The van der Waals surface area contributed by atoms with Crippen LogP contribution in [0.25, 0.3) is 0 Å². The third-order valence-electron chi connectivity index (χ3n) is 2.77. The van der Waals surface area contributed by atoms with Crippen molar-refractivity contribution in [3.8, 4) is 0 Å². The van der Waals surface area contributed by atoms with Gasteiger partial charge in [0.15, 0.2) is 5.82 Å². The maximum absolute atomic E-state index is 12.4. The average molecular weight is 300 g/mol. The second-order valence-electron chi connectivity index (χ2n) is 4.22. The Bertz CT molecular complexity index is 676. The van der Waals surface area contributed by atoms with Crippen LogP contribution in [0, 0.1) is 13.8 Å². The van der Waals surface area contributed by atoms with Crippen molar-refractivity contribution in [2.24, 2.45) is 0 Å². The molecular weight excluding hydrogens is 284 g/mol. The van der Waals surface area contributed by atoms with Crippen molar-refractivity contribution in [1.82, 2.24) is 20.2 Å². The van der Waals surface area contributed by atoms with Gasteiger partial charge in [0.2, 0.25) is 16.4 Å². The molecule has 0 aliphatic rings. The van der Waals surface area contributed by atoms with Crippen molar-refractivity contribution in [3.63, 3.8) is 0 Å². The van der Waals surface area contributed by atoms with Crippen LogP contribution in [0.15, 0.2) is 20.2 Å². The molecule has 110 valence electrons.